The fourth-order valence-electron chi connectivity index (χ4n) is 2.37. The third-order valence-electron chi connectivity index (χ3n) is 3.40. The summed E-state index contributed by atoms with van der Waals surface area (Å²) in [6, 6.07) is 3.55. The number of pyridine rings is 1. The van der Waals surface area contributed by atoms with Crippen molar-refractivity contribution in [3.05, 3.63) is 42.1 Å². The van der Waals surface area contributed by atoms with Crippen LogP contribution in [0.2, 0.25) is 0 Å². The summed E-state index contributed by atoms with van der Waals surface area (Å²) in [6.45, 7) is 4.85. The summed E-state index contributed by atoms with van der Waals surface area (Å²) in [7, 11) is 0. The van der Waals surface area contributed by atoms with Gasteiger partial charge >= 0.3 is 0 Å². The van der Waals surface area contributed by atoms with E-state index in [9.17, 15) is 4.79 Å². The van der Waals surface area contributed by atoms with Gasteiger partial charge in [0.25, 0.3) is 5.91 Å². The predicted molar refractivity (Wildman–Crippen MR) is 75.4 cm³/mol. The molecule has 2 aromatic rings. The van der Waals surface area contributed by atoms with Crippen LogP contribution in [0.4, 0.5) is 5.82 Å². The number of imidazole rings is 1. The molecule has 1 N–H and O–H groups in total. The third-order valence-corrected chi connectivity index (χ3v) is 3.40. The van der Waals surface area contributed by atoms with Gasteiger partial charge in [-0.1, -0.05) is 0 Å². The molecular weight excluding hydrogens is 254 g/mol. The zero-order valence-electron chi connectivity index (χ0n) is 11.4. The highest BCUT2D eigenvalue weighted by atomic mass is 16.2. The van der Waals surface area contributed by atoms with Crippen molar-refractivity contribution >= 4 is 11.7 Å². The molecule has 1 aliphatic heterocycles. The van der Waals surface area contributed by atoms with Crippen molar-refractivity contribution < 1.29 is 4.79 Å². The topological polar surface area (TPSA) is 63.1 Å². The molecular formula is C14H17N5O. The Balaban J connectivity index is 1.78. The molecule has 0 saturated carbocycles. The number of nitrogens with one attached hydrogen (secondary N) is 1. The first kappa shape index (κ1) is 12.7. The minimum Gasteiger partial charge on any atom is -0.370 e. The Labute approximate surface area is 117 Å². The van der Waals surface area contributed by atoms with E-state index in [4.69, 9.17) is 0 Å². The van der Waals surface area contributed by atoms with Crippen molar-refractivity contribution in [3.63, 3.8) is 0 Å². The van der Waals surface area contributed by atoms with Gasteiger partial charge in [-0.25, -0.2) is 9.97 Å². The number of fused-ring (bicyclic) bond motifs is 1. The number of carbonyl (C=O) groups is 1. The first-order valence-electron chi connectivity index (χ1n) is 6.77. The molecule has 0 unspecified atom stereocenters. The lowest BCUT2D eigenvalue weighted by Crippen LogP contribution is -2.38. The Bertz CT molecular complexity index is 622. The molecule has 1 amide bonds. The van der Waals surface area contributed by atoms with Gasteiger partial charge in [0.05, 0.1) is 6.54 Å². The van der Waals surface area contributed by atoms with E-state index < -0.39 is 0 Å². The van der Waals surface area contributed by atoms with E-state index in [-0.39, 0.29) is 5.91 Å². The molecule has 0 bridgehead atoms. The molecule has 1 aliphatic rings. The molecule has 6 nitrogen and oxygen atoms in total. The molecule has 104 valence electrons. The van der Waals surface area contributed by atoms with Gasteiger partial charge in [-0.2, -0.15) is 0 Å². The van der Waals surface area contributed by atoms with Gasteiger partial charge in [-0.05, 0) is 19.1 Å². The number of anilines is 1. The molecule has 0 aromatic carbocycles. The Morgan fingerprint density at radius 2 is 2.25 bits per heavy atom. The lowest BCUT2D eigenvalue weighted by molar-refractivity contribution is 0.0707. The maximum Gasteiger partial charge on any atom is 0.254 e. The van der Waals surface area contributed by atoms with Crippen molar-refractivity contribution in [2.75, 3.05) is 18.4 Å². The predicted octanol–water partition coefficient (Wildman–Crippen LogP) is 1.37. The van der Waals surface area contributed by atoms with Crippen LogP contribution in [0.25, 0.3) is 0 Å². The lowest BCUT2D eigenvalue weighted by atomic mass is 10.2. The summed E-state index contributed by atoms with van der Waals surface area (Å²) >= 11 is 0. The molecule has 2 aromatic heterocycles. The second-order valence-electron chi connectivity index (χ2n) is 4.72. The Kier molecular flexibility index (Phi) is 3.37. The minimum atomic E-state index is 0.0285. The van der Waals surface area contributed by atoms with E-state index >= 15 is 0 Å². The van der Waals surface area contributed by atoms with Crippen LogP contribution >= 0.6 is 0 Å². The number of hydrogen-bond acceptors (Lipinski definition) is 4. The monoisotopic (exact) mass is 271 g/mol. The third kappa shape index (κ3) is 2.36. The Morgan fingerprint density at radius 3 is 3.10 bits per heavy atom. The average molecular weight is 271 g/mol. The van der Waals surface area contributed by atoms with Crippen molar-refractivity contribution in [3.8, 4) is 0 Å². The molecule has 0 radical (unpaired) electrons. The molecule has 20 heavy (non-hydrogen) atoms. The van der Waals surface area contributed by atoms with Gasteiger partial charge in [-0.3, -0.25) is 4.79 Å². The fourth-order valence-corrected chi connectivity index (χ4v) is 2.37. The second kappa shape index (κ2) is 5.32. The van der Waals surface area contributed by atoms with Crippen LogP contribution in [0.3, 0.4) is 0 Å². The number of carbonyl (C=O) groups excluding carboxylic acids is 1. The molecule has 0 fully saturated rings. The van der Waals surface area contributed by atoms with Gasteiger partial charge in [-0.15, -0.1) is 0 Å². The second-order valence-corrected chi connectivity index (χ2v) is 4.72. The summed E-state index contributed by atoms with van der Waals surface area (Å²) in [5.74, 6) is 1.70. The van der Waals surface area contributed by atoms with Crippen LogP contribution in [0.15, 0.2) is 30.7 Å². The van der Waals surface area contributed by atoms with Crippen molar-refractivity contribution in [2.45, 2.75) is 20.0 Å². The first-order valence-corrected chi connectivity index (χ1v) is 6.77. The van der Waals surface area contributed by atoms with Crippen molar-refractivity contribution in [1.29, 1.82) is 0 Å². The standard InChI is InChI=1S/C14H17N5O/c1-2-15-12-9-11(3-4-16-12)14(20)19-8-7-18-6-5-17-13(18)10-19/h3-6,9H,2,7-8,10H2,1H3,(H,15,16). The first-order chi connectivity index (χ1) is 9.78. The number of aromatic nitrogens is 3. The molecule has 0 saturated heterocycles. The van der Waals surface area contributed by atoms with Gasteiger partial charge < -0.3 is 14.8 Å². The lowest BCUT2D eigenvalue weighted by Gasteiger charge is -2.27. The van der Waals surface area contributed by atoms with E-state index in [1.54, 1.807) is 24.5 Å². The highest BCUT2D eigenvalue weighted by molar-refractivity contribution is 5.94. The largest absolute Gasteiger partial charge is 0.370 e. The van der Waals surface area contributed by atoms with Crippen molar-refractivity contribution in [1.82, 2.24) is 19.4 Å². The fraction of sp³-hybridized carbons (Fsp3) is 0.357. The summed E-state index contributed by atoms with van der Waals surface area (Å²) < 4.78 is 2.08. The highest BCUT2D eigenvalue weighted by Gasteiger charge is 2.22. The number of hydrogen-bond donors (Lipinski definition) is 1. The number of amides is 1. The van der Waals surface area contributed by atoms with Crippen LogP contribution in [-0.2, 0) is 13.1 Å². The molecule has 3 heterocycles. The van der Waals surface area contributed by atoms with Crippen LogP contribution in [0, 0.1) is 0 Å². The van der Waals surface area contributed by atoms with Crippen LogP contribution < -0.4 is 5.32 Å². The quantitative estimate of drug-likeness (QED) is 0.915. The van der Waals surface area contributed by atoms with E-state index in [0.29, 0.717) is 18.7 Å². The van der Waals surface area contributed by atoms with Crippen LogP contribution in [0.1, 0.15) is 23.1 Å². The molecule has 3 rings (SSSR count). The van der Waals surface area contributed by atoms with E-state index in [2.05, 4.69) is 19.9 Å². The number of nitrogens with zero attached hydrogens (tertiary/aromatic N) is 4. The van der Waals surface area contributed by atoms with E-state index in [1.165, 1.54) is 0 Å². The molecule has 0 aliphatic carbocycles. The Hall–Kier alpha value is -2.37. The summed E-state index contributed by atoms with van der Waals surface area (Å²) in [4.78, 5) is 22.8. The summed E-state index contributed by atoms with van der Waals surface area (Å²) in [5, 5.41) is 3.12. The van der Waals surface area contributed by atoms with E-state index in [0.717, 1.165) is 24.7 Å². The minimum absolute atomic E-state index is 0.0285. The van der Waals surface area contributed by atoms with Gasteiger partial charge in [0.2, 0.25) is 0 Å². The zero-order chi connectivity index (χ0) is 13.9. The molecule has 6 heteroatoms. The van der Waals surface area contributed by atoms with Gasteiger partial charge in [0.1, 0.15) is 11.6 Å². The van der Waals surface area contributed by atoms with E-state index in [1.807, 2.05) is 18.0 Å². The maximum atomic E-state index is 12.5. The van der Waals surface area contributed by atoms with Gasteiger partial charge in [0.15, 0.2) is 0 Å². The number of rotatable bonds is 3. The highest BCUT2D eigenvalue weighted by Crippen LogP contribution is 2.15. The van der Waals surface area contributed by atoms with Crippen LogP contribution in [0.5, 0.6) is 0 Å². The maximum absolute atomic E-state index is 12.5. The summed E-state index contributed by atoms with van der Waals surface area (Å²) in [5.41, 5.74) is 0.663. The molecule has 0 atom stereocenters. The summed E-state index contributed by atoms with van der Waals surface area (Å²) in [6.07, 6.45) is 5.39. The smallest absolute Gasteiger partial charge is 0.254 e. The zero-order valence-corrected chi connectivity index (χ0v) is 11.4. The van der Waals surface area contributed by atoms with Crippen LogP contribution in [-0.4, -0.2) is 38.4 Å². The SMILES string of the molecule is CCNc1cc(C(=O)N2CCn3ccnc3C2)ccn1. The van der Waals surface area contributed by atoms with Gasteiger partial charge in [0, 0.05) is 43.8 Å². The molecule has 0 spiro atoms. The average Bonchev–Trinajstić information content (AvgIpc) is 2.94. The van der Waals surface area contributed by atoms with Crippen molar-refractivity contribution in [2.24, 2.45) is 0 Å². The Morgan fingerprint density at radius 1 is 1.35 bits per heavy atom. The normalized spacial score (nSPS) is 13.9.